The van der Waals surface area contributed by atoms with E-state index in [4.69, 9.17) is 5.73 Å². The van der Waals surface area contributed by atoms with E-state index in [9.17, 15) is 10.1 Å². The van der Waals surface area contributed by atoms with Gasteiger partial charge in [0.05, 0.1) is 15.8 Å². The van der Waals surface area contributed by atoms with Crippen LogP contribution in [0.4, 0.5) is 11.4 Å². The lowest BCUT2D eigenvalue weighted by Gasteiger charge is -2.34. The summed E-state index contributed by atoms with van der Waals surface area (Å²) in [6, 6.07) is 6.89. The molecule has 21 heavy (non-hydrogen) atoms. The molecular formula is C15H20N4O2. The van der Waals surface area contributed by atoms with Crippen LogP contribution in [0, 0.1) is 16.0 Å². The average Bonchev–Trinajstić information content (AvgIpc) is 2.46. The molecule has 0 aliphatic rings. The van der Waals surface area contributed by atoms with E-state index >= 15 is 0 Å². The second-order valence-corrected chi connectivity index (χ2v) is 5.69. The van der Waals surface area contributed by atoms with Crippen LogP contribution in [0.1, 0.15) is 20.8 Å². The quantitative estimate of drug-likeness (QED) is 0.651. The Hall–Kier alpha value is -2.21. The minimum absolute atomic E-state index is 0.0425. The first-order valence-corrected chi connectivity index (χ1v) is 6.89. The summed E-state index contributed by atoms with van der Waals surface area (Å²) in [5.74, 6) is 0.228. The first kappa shape index (κ1) is 15.2. The summed E-state index contributed by atoms with van der Waals surface area (Å²) in [5, 5.41) is 15.3. The van der Waals surface area contributed by atoms with Crippen molar-refractivity contribution in [2.24, 2.45) is 11.7 Å². The normalized spacial score (nSPS) is 14.1. The van der Waals surface area contributed by atoms with Gasteiger partial charge in [-0.2, -0.15) is 0 Å². The molecule has 1 aromatic heterocycles. The number of nitro groups is 1. The number of anilines is 1. The summed E-state index contributed by atoms with van der Waals surface area (Å²) >= 11 is 0. The fourth-order valence-corrected chi connectivity index (χ4v) is 2.17. The molecule has 2 rings (SSSR count). The number of pyridine rings is 1. The molecule has 0 amide bonds. The maximum absolute atomic E-state index is 11.5. The van der Waals surface area contributed by atoms with E-state index in [2.05, 4.69) is 10.3 Å². The van der Waals surface area contributed by atoms with Gasteiger partial charge >= 0.3 is 5.69 Å². The van der Waals surface area contributed by atoms with Gasteiger partial charge in [0.2, 0.25) is 0 Å². The number of benzene rings is 1. The molecule has 1 aromatic carbocycles. The molecule has 3 N–H and O–H groups in total. The van der Waals surface area contributed by atoms with Crippen LogP contribution in [0.3, 0.4) is 0 Å². The third kappa shape index (κ3) is 2.80. The van der Waals surface area contributed by atoms with E-state index in [-0.39, 0.29) is 16.5 Å². The highest BCUT2D eigenvalue weighted by molar-refractivity contribution is 5.94. The Balaban J connectivity index is 2.59. The molecule has 2 aromatic rings. The lowest BCUT2D eigenvalue weighted by atomic mass is 9.88. The van der Waals surface area contributed by atoms with E-state index in [0.29, 0.717) is 23.1 Å². The molecule has 0 aliphatic heterocycles. The van der Waals surface area contributed by atoms with Crippen molar-refractivity contribution in [3.63, 3.8) is 0 Å². The summed E-state index contributed by atoms with van der Waals surface area (Å²) in [6.07, 6.45) is 1.62. The molecule has 0 fully saturated rings. The lowest BCUT2D eigenvalue weighted by Crippen LogP contribution is -2.47. The average molecular weight is 288 g/mol. The summed E-state index contributed by atoms with van der Waals surface area (Å²) in [6.45, 7) is 6.42. The van der Waals surface area contributed by atoms with Gasteiger partial charge in [0.15, 0.2) is 0 Å². The van der Waals surface area contributed by atoms with Crippen molar-refractivity contribution in [2.45, 2.75) is 26.3 Å². The zero-order chi connectivity index (χ0) is 15.6. The van der Waals surface area contributed by atoms with Crippen LogP contribution in [0.25, 0.3) is 10.9 Å². The summed E-state index contributed by atoms with van der Waals surface area (Å²) in [5.41, 5.74) is 6.56. The second-order valence-electron chi connectivity index (χ2n) is 5.69. The molecule has 1 heterocycles. The first-order valence-electron chi connectivity index (χ1n) is 6.89. The number of aromatic nitrogens is 1. The zero-order valence-electron chi connectivity index (χ0n) is 12.5. The molecular weight excluding hydrogens is 268 g/mol. The van der Waals surface area contributed by atoms with Gasteiger partial charge in [-0.25, -0.2) is 0 Å². The minimum Gasteiger partial charge on any atom is -0.373 e. The number of nitro benzene ring substituents is 1. The van der Waals surface area contributed by atoms with E-state index in [1.807, 2.05) is 20.8 Å². The Morgan fingerprint density at radius 1 is 1.43 bits per heavy atom. The van der Waals surface area contributed by atoms with Gasteiger partial charge in [-0.3, -0.25) is 15.1 Å². The van der Waals surface area contributed by atoms with Gasteiger partial charge in [-0.1, -0.05) is 13.8 Å². The number of rotatable bonds is 5. The molecule has 0 aliphatic carbocycles. The molecule has 6 nitrogen and oxygen atoms in total. The highest BCUT2D eigenvalue weighted by atomic mass is 16.6. The highest BCUT2D eigenvalue weighted by Gasteiger charge is 2.30. The molecule has 0 saturated carbocycles. The van der Waals surface area contributed by atoms with Crippen LogP contribution in [-0.4, -0.2) is 22.0 Å². The van der Waals surface area contributed by atoms with Crippen molar-refractivity contribution in [1.82, 2.24) is 4.98 Å². The van der Waals surface area contributed by atoms with Gasteiger partial charge in [0, 0.05) is 18.3 Å². The number of hydrogen-bond donors (Lipinski definition) is 2. The van der Waals surface area contributed by atoms with Crippen LogP contribution in [0.15, 0.2) is 30.5 Å². The molecule has 0 radical (unpaired) electrons. The van der Waals surface area contributed by atoms with Crippen molar-refractivity contribution in [3.8, 4) is 0 Å². The van der Waals surface area contributed by atoms with Crippen molar-refractivity contribution >= 4 is 22.3 Å². The van der Waals surface area contributed by atoms with Gasteiger partial charge in [0.25, 0.3) is 0 Å². The van der Waals surface area contributed by atoms with Crippen LogP contribution in [0.2, 0.25) is 0 Å². The molecule has 1 unspecified atom stereocenters. The van der Waals surface area contributed by atoms with E-state index < -0.39 is 5.54 Å². The number of nitrogens with two attached hydrogens (primary N) is 1. The van der Waals surface area contributed by atoms with Crippen molar-refractivity contribution in [3.05, 3.63) is 40.6 Å². The third-order valence-electron chi connectivity index (χ3n) is 4.06. The van der Waals surface area contributed by atoms with Crippen LogP contribution in [-0.2, 0) is 0 Å². The van der Waals surface area contributed by atoms with Crippen molar-refractivity contribution < 1.29 is 4.92 Å². The largest absolute Gasteiger partial charge is 0.373 e. The topological polar surface area (TPSA) is 94.1 Å². The fourth-order valence-electron chi connectivity index (χ4n) is 2.17. The van der Waals surface area contributed by atoms with Gasteiger partial charge < -0.3 is 11.1 Å². The Bertz CT molecular complexity index is 672. The number of nitrogens with one attached hydrogen (secondary N) is 1. The maximum Gasteiger partial charge on any atom is 0.301 e. The predicted molar refractivity (Wildman–Crippen MR) is 84.3 cm³/mol. The smallest absolute Gasteiger partial charge is 0.301 e. The summed E-state index contributed by atoms with van der Waals surface area (Å²) in [4.78, 5) is 15.3. The molecule has 112 valence electrons. The number of hydrogen-bond acceptors (Lipinski definition) is 5. The Kier molecular flexibility index (Phi) is 4.09. The molecule has 0 saturated heterocycles. The molecule has 1 atom stereocenters. The van der Waals surface area contributed by atoms with Crippen molar-refractivity contribution in [2.75, 3.05) is 11.9 Å². The highest BCUT2D eigenvalue weighted by Crippen LogP contribution is 2.35. The van der Waals surface area contributed by atoms with Crippen LogP contribution < -0.4 is 11.1 Å². The minimum atomic E-state index is -0.416. The lowest BCUT2D eigenvalue weighted by molar-refractivity contribution is -0.382. The Morgan fingerprint density at radius 3 is 2.71 bits per heavy atom. The zero-order valence-corrected chi connectivity index (χ0v) is 12.5. The fraction of sp³-hybridized carbons (Fsp3) is 0.400. The monoisotopic (exact) mass is 288 g/mol. The van der Waals surface area contributed by atoms with Gasteiger partial charge in [-0.05, 0) is 37.1 Å². The van der Waals surface area contributed by atoms with Gasteiger partial charge in [0.1, 0.15) is 5.69 Å². The van der Waals surface area contributed by atoms with Crippen LogP contribution >= 0.6 is 0 Å². The van der Waals surface area contributed by atoms with E-state index in [1.54, 1.807) is 30.5 Å². The maximum atomic E-state index is 11.5. The standard InChI is InChI=1S/C15H20N4O2/c1-10(2)15(3,9-16)18-13-7-6-12-11(5-4-8-17-12)14(13)19(20)21/h4-8,10,18H,9,16H2,1-3H3. The number of fused-ring (bicyclic) bond motifs is 1. The van der Waals surface area contributed by atoms with E-state index in [0.717, 1.165) is 0 Å². The number of nitrogens with zero attached hydrogens (tertiary/aromatic N) is 2. The van der Waals surface area contributed by atoms with Crippen LogP contribution in [0.5, 0.6) is 0 Å². The summed E-state index contributed by atoms with van der Waals surface area (Å²) < 4.78 is 0. The molecule has 6 heteroatoms. The molecule has 0 spiro atoms. The van der Waals surface area contributed by atoms with Crippen molar-refractivity contribution in [1.29, 1.82) is 0 Å². The summed E-state index contributed by atoms with van der Waals surface area (Å²) in [7, 11) is 0. The SMILES string of the molecule is CC(C)C(C)(CN)Nc1ccc2ncccc2c1[N+](=O)[O-]. The first-order chi connectivity index (χ1) is 9.89. The van der Waals surface area contributed by atoms with Gasteiger partial charge in [-0.15, -0.1) is 0 Å². The Labute approximate surface area is 123 Å². The predicted octanol–water partition coefficient (Wildman–Crippen LogP) is 2.93. The van der Waals surface area contributed by atoms with E-state index in [1.165, 1.54) is 0 Å². The third-order valence-corrected chi connectivity index (χ3v) is 4.06. The second kappa shape index (κ2) is 5.65. The Morgan fingerprint density at radius 2 is 2.14 bits per heavy atom. The molecule has 0 bridgehead atoms.